The summed E-state index contributed by atoms with van der Waals surface area (Å²) in [7, 11) is 0. The number of para-hydroxylation sites is 1. The number of benzene rings is 2. The van der Waals surface area contributed by atoms with E-state index < -0.39 is 6.10 Å². The molecule has 4 rings (SSSR count). The molecule has 3 aromatic rings. The Kier molecular flexibility index (Phi) is 4.83. The number of pyridine rings is 1. The van der Waals surface area contributed by atoms with E-state index in [1.807, 2.05) is 30.3 Å². The van der Waals surface area contributed by atoms with E-state index in [1.165, 1.54) is 5.06 Å². The molecule has 2 heterocycles. The SMILES string of the molecule is O=C(CC1ON(c2ccccc2)C(=O)c2cccnc21)c1ccc(Br)cc1. The summed E-state index contributed by atoms with van der Waals surface area (Å²) < 4.78 is 0.904. The number of amides is 1. The van der Waals surface area contributed by atoms with Crippen molar-refractivity contribution in [3.63, 3.8) is 0 Å². The lowest BCUT2D eigenvalue weighted by Gasteiger charge is -2.32. The van der Waals surface area contributed by atoms with Crippen molar-refractivity contribution in [3.8, 4) is 0 Å². The lowest BCUT2D eigenvalue weighted by molar-refractivity contribution is 0.0125. The lowest BCUT2D eigenvalue weighted by atomic mass is 9.99. The van der Waals surface area contributed by atoms with Crippen molar-refractivity contribution < 1.29 is 14.4 Å². The van der Waals surface area contributed by atoms with Gasteiger partial charge >= 0.3 is 0 Å². The van der Waals surface area contributed by atoms with E-state index in [4.69, 9.17) is 4.84 Å². The van der Waals surface area contributed by atoms with E-state index in [2.05, 4.69) is 20.9 Å². The van der Waals surface area contributed by atoms with Crippen molar-refractivity contribution in [2.24, 2.45) is 0 Å². The number of carbonyl (C=O) groups excluding carboxylic acids is 2. The summed E-state index contributed by atoms with van der Waals surface area (Å²) in [6.45, 7) is 0. The van der Waals surface area contributed by atoms with Crippen LogP contribution in [-0.2, 0) is 4.84 Å². The number of hydroxylamine groups is 1. The molecule has 0 fully saturated rings. The Bertz CT molecular complexity index is 990. The van der Waals surface area contributed by atoms with E-state index in [-0.39, 0.29) is 18.1 Å². The number of nitrogens with zero attached hydrogens (tertiary/aromatic N) is 2. The molecule has 134 valence electrons. The Morgan fingerprint density at radius 3 is 2.52 bits per heavy atom. The molecule has 0 spiro atoms. The van der Waals surface area contributed by atoms with Gasteiger partial charge in [0.2, 0.25) is 0 Å². The highest BCUT2D eigenvalue weighted by Crippen LogP contribution is 2.34. The molecule has 1 aliphatic rings. The summed E-state index contributed by atoms with van der Waals surface area (Å²) in [5.41, 5.74) is 2.13. The van der Waals surface area contributed by atoms with Gasteiger partial charge in [-0.25, -0.2) is 0 Å². The molecular formula is C21H15BrN2O3. The zero-order valence-corrected chi connectivity index (χ0v) is 15.8. The first-order chi connectivity index (χ1) is 13.1. The zero-order valence-electron chi connectivity index (χ0n) is 14.2. The monoisotopic (exact) mass is 422 g/mol. The quantitative estimate of drug-likeness (QED) is 0.569. The molecule has 2 aromatic carbocycles. The minimum Gasteiger partial charge on any atom is -0.294 e. The Labute approximate surface area is 164 Å². The maximum Gasteiger partial charge on any atom is 0.284 e. The number of anilines is 1. The van der Waals surface area contributed by atoms with Crippen LogP contribution < -0.4 is 5.06 Å². The third kappa shape index (κ3) is 3.54. The van der Waals surface area contributed by atoms with Crippen LogP contribution in [0.4, 0.5) is 5.69 Å². The van der Waals surface area contributed by atoms with Crippen LogP contribution in [-0.4, -0.2) is 16.7 Å². The maximum atomic E-state index is 12.8. The number of carbonyl (C=O) groups is 2. The minimum atomic E-state index is -0.643. The van der Waals surface area contributed by atoms with Gasteiger partial charge in [0.25, 0.3) is 5.91 Å². The van der Waals surface area contributed by atoms with Gasteiger partial charge in [-0.1, -0.05) is 46.3 Å². The van der Waals surface area contributed by atoms with Gasteiger partial charge in [-0.2, -0.15) is 5.06 Å². The molecule has 1 atom stereocenters. The topological polar surface area (TPSA) is 59.5 Å². The number of Topliss-reactive ketones (excluding diaryl/α,β-unsaturated/α-hetero) is 1. The molecule has 0 saturated carbocycles. The first-order valence-electron chi connectivity index (χ1n) is 8.43. The fourth-order valence-corrected chi connectivity index (χ4v) is 3.25. The average molecular weight is 423 g/mol. The number of halogens is 1. The molecule has 5 nitrogen and oxygen atoms in total. The summed E-state index contributed by atoms with van der Waals surface area (Å²) in [6, 6.07) is 19.7. The molecule has 0 N–H and O–H groups in total. The van der Waals surface area contributed by atoms with Gasteiger partial charge in [0.1, 0.15) is 6.10 Å². The fraction of sp³-hybridized carbons (Fsp3) is 0.0952. The van der Waals surface area contributed by atoms with Gasteiger partial charge in [-0.15, -0.1) is 0 Å². The van der Waals surface area contributed by atoms with E-state index in [0.717, 1.165) is 4.47 Å². The second kappa shape index (κ2) is 7.42. The van der Waals surface area contributed by atoms with Crippen LogP contribution in [0.5, 0.6) is 0 Å². The summed E-state index contributed by atoms with van der Waals surface area (Å²) in [4.78, 5) is 35.8. The van der Waals surface area contributed by atoms with Crippen molar-refractivity contribution in [2.75, 3.05) is 5.06 Å². The Hall–Kier alpha value is -2.83. The Morgan fingerprint density at radius 2 is 1.78 bits per heavy atom. The van der Waals surface area contributed by atoms with Crippen molar-refractivity contribution in [3.05, 3.63) is 94.2 Å². The van der Waals surface area contributed by atoms with Gasteiger partial charge in [0, 0.05) is 22.7 Å². The number of hydrogen-bond acceptors (Lipinski definition) is 4. The number of ketones is 1. The third-order valence-corrected chi connectivity index (χ3v) is 4.85. The molecule has 0 bridgehead atoms. The molecule has 1 amide bonds. The standard InChI is InChI=1S/C21H15BrN2O3/c22-15-10-8-14(9-11-15)18(25)13-19-20-17(7-4-12-23-20)21(26)24(27-19)16-5-2-1-3-6-16/h1-12,19H,13H2. The van der Waals surface area contributed by atoms with Crippen LogP contribution in [0.15, 0.2) is 77.4 Å². The summed E-state index contributed by atoms with van der Waals surface area (Å²) in [5, 5.41) is 1.24. The van der Waals surface area contributed by atoms with Crippen LogP contribution >= 0.6 is 15.9 Å². The number of rotatable bonds is 4. The van der Waals surface area contributed by atoms with Gasteiger partial charge < -0.3 is 0 Å². The normalized spacial score (nSPS) is 16.1. The highest BCUT2D eigenvalue weighted by Gasteiger charge is 2.35. The van der Waals surface area contributed by atoms with E-state index in [9.17, 15) is 9.59 Å². The van der Waals surface area contributed by atoms with E-state index >= 15 is 0 Å². The molecule has 1 aromatic heterocycles. The summed E-state index contributed by atoms with van der Waals surface area (Å²) >= 11 is 3.36. The Morgan fingerprint density at radius 1 is 1.04 bits per heavy atom. The summed E-state index contributed by atoms with van der Waals surface area (Å²) in [6.07, 6.45) is 1.04. The van der Waals surface area contributed by atoms with Crippen molar-refractivity contribution >= 4 is 33.3 Å². The zero-order chi connectivity index (χ0) is 18.8. The van der Waals surface area contributed by atoms with Gasteiger partial charge in [-0.3, -0.25) is 19.4 Å². The Balaban J connectivity index is 1.67. The smallest absolute Gasteiger partial charge is 0.284 e. The molecule has 1 aliphatic heterocycles. The molecule has 27 heavy (non-hydrogen) atoms. The van der Waals surface area contributed by atoms with Crippen LogP contribution in [0.1, 0.15) is 38.9 Å². The largest absolute Gasteiger partial charge is 0.294 e. The predicted octanol–water partition coefficient (Wildman–Crippen LogP) is 4.75. The van der Waals surface area contributed by atoms with Crippen molar-refractivity contribution in [2.45, 2.75) is 12.5 Å². The van der Waals surface area contributed by atoms with Gasteiger partial charge in [0.05, 0.1) is 16.9 Å². The number of fused-ring (bicyclic) bond motifs is 1. The predicted molar refractivity (Wildman–Crippen MR) is 104 cm³/mol. The molecule has 0 radical (unpaired) electrons. The van der Waals surface area contributed by atoms with Crippen LogP contribution in [0.25, 0.3) is 0 Å². The van der Waals surface area contributed by atoms with Crippen molar-refractivity contribution in [1.29, 1.82) is 0 Å². The third-order valence-electron chi connectivity index (χ3n) is 4.32. The fourth-order valence-electron chi connectivity index (χ4n) is 2.99. The van der Waals surface area contributed by atoms with Gasteiger partial charge in [0.15, 0.2) is 5.78 Å². The van der Waals surface area contributed by atoms with E-state index in [1.54, 1.807) is 42.6 Å². The minimum absolute atomic E-state index is 0.0773. The lowest BCUT2D eigenvalue weighted by Crippen LogP contribution is -2.39. The first-order valence-corrected chi connectivity index (χ1v) is 9.23. The second-order valence-electron chi connectivity index (χ2n) is 6.10. The highest BCUT2D eigenvalue weighted by atomic mass is 79.9. The highest BCUT2D eigenvalue weighted by molar-refractivity contribution is 9.10. The second-order valence-corrected chi connectivity index (χ2v) is 7.02. The van der Waals surface area contributed by atoms with Gasteiger partial charge in [-0.05, 0) is 36.4 Å². The van der Waals surface area contributed by atoms with Crippen molar-refractivity contribution in [1.82, 2.24) is 4.98 Å². The van der Waals surface area contributed by atoms with Crippen LogP contribution in [0, 0.1) is 0 Å². The molecular weight excluding hydrogens is 408 g/mol. The first kappa shape index (κ1) is 17.6. The maximum absolute atomic E-state index is 12.8. The van der Waals surface area contributed by atoms with E-state index in [0.29, 0.717) is 22.5 Å². The molecule has 1 unspecified atom stereocenters. The van der Waals surface area contributed by atoms with Crippen LogP contribution in [0.2, 0.25) is 0 Å². The molecule has 6 heteroatoms. The number of hydrogen-bond donors (Lipinski definition) is 0. The van der Waals surface area contributed by atoms with Crippen LogP contribution in [0.3, 0.4) is 0 Å². The molecule has 0 saturated heterocycles. The number of aromatic nitrogens is 1. The average Bonchev–Trinajstić information content (AvgIpc) is 2.71. The molecule has 0 aliphatic carbocycles. The summed E-state index contributed by atoms with van der Waals surface area (Å²) in [5.74, 6) is -0.372.